The third-order valence-electron chi connectivity index (χ3n) is 9.49. The molecule has 214 valence electrons. The zero-order valence-corrected chi connectivity index (χ0v) is 23.6. The second-order valence-corrected chi connectivity index (χ2v) is 14.1. The number of primary amides is 1. The average Bonchev–Trinajstić information content (AvgIpc) is 2.91. The van der Waals surface area contributed by atoms with Crippen LogP contribution in [0.4, 0.5) is 27.5 Å². The van der Waals surface area contributed by atoms with E-state index in [1.165, 1.54) is 10.6 Å². The molecule has 2 aromatic rings. The molecule has 0 radical (unpaired) electrons. The van der Waals surface area contributed by atoms with Gasteiger partial charge in [0, 0.05) is 49.0 Å². The van der Waals surface area contributed by atoms with Crippen LogP contribution in [0.2, 0.25) is 0 Å². The maximum atomic E-state index is 13.1. The number of benzene rings is 2. The number of amides is 3. The fourth-order valence-corrected chi connectivity index (χ4v) is 8.59. The number of carbonyl (C=O) groups excluding carboxylic acids is 2. The Bertz CT molecular complexity index is 1370. The van der Waals surface area contributed by atoms with Gasteiger partial charge in [0.1, 0.15) is 0 Å². The lowest BCUT2D eigenvalue weighted by molar-refractivity contribution is -0.145. The maximum Gasteiger partial charge on any atom is 0.319 e. The van der Waals surface area contributed by atoms with Crippen LogP contribution in [-0.4, -0.2) is 63.1 Å². The largest absolute Gasteiger partial charge is 0.369 e. The summed E-state index contributed by atoms with van der Waals surface area (Å²) in [5, 5.41) is 9.68. The highest BCUT2D eigenvalue weighted by Gasteiger charge is 2.58. The van der Waals surface area contributed by atoms with Crippen LogP contribution in [0.25, 0.3) is 0 Å². The van der Waals surface area contributed by atoms with Gasteiger partial charge in [-0.15, -0.1) is 0 Å². The van der Waals surface area contributed by atoms with Crippen molar-refractivity contribution in [3.8, 4) is 0 Å². The minimum absolute atomic E-state index is 0.0657. The van der Waals surface area contributed by atoms with E-state index in [1.54, 1.807) is 0 Å². The quantitative estimate of drug-likeness (QED) is 0.406. The summed E-state index contributed by atoms with van der Waals surface area (Å²) >= 11 is 0. The SMILES string of the molecule is CS(=O)(=O)N1CCN(c2ccc(Nc3ccccc3NC(=O)NC3C4CC5CC3CC(C(N)=O)(C5)C4)cc2)CC1. The highest BCUT2D eigenvalue weighted by Crippen LogP contribution is 2.59. The van der Waals surface area contributed by atoms with E-state index >= 15 is 0 Å². The maximum absolute atomic E-state index is 13.1. The highest BCUT2D eigenvalue weighted by atomic mass is 32.2. The number of nitrogens with two attached hydrogens (primary N) is 1. The van der Waals surface area contributed by atoms with Crippen LogP contribution in [0.15, 0.2) is 48.5 Å². The number of anilines is 4. The minimum Gasteiger partial charge on any atom is -0.369 e. The summed E-state index contributed by atoms with van der Waals surface area (Å²) < 4.78 is 25.1. The van der Waals surface area contributed by atoms with Gasteiger partial charge in [0.15, 0.2) is 0 Å². The van der Waals surface area contributed by atoms with E-state index in [1.807, 2.05) is 48.5 Å². The smallest absolute Gasteiger partial charge is 0.319 e. The van der Waals surface area contributed by atoms with Crippen molar-refractivity contribution in [3.63, 3.8) is 0 Å². The van der Waals surface area contributed by atoms with Gasteiger partial charge in [-0.05, 0) is 86.3 Å². The summed E-state index contributed by atoms with van der Waals surface area (Å²) in [6.45, 7) is 2.26. The van der Waals surface area contributed by atoms with Gasteiger partial charge in [-0.25, -0.2) is 13.2 Å². The molecular weight excluding hydrogens is 528 g/mol. The van der Waals surface area contributed by atoms with E-state index in [2.05, 4.69) is 20.9 Å². The van der Waals surface area contributed by atoms with E-state index in [-0.39, 0.29) is 23.4 Å². The molecule has 7 rings (SSSR count). The Kier molecular flexibility index (Phi) is 6.90. The van der Waals surface area contributed by atoms with Crippen molar-refractivity contribution in [3.05, 3.63) is 48.5 Å². The van der Waals surface area contributed by atoms with Gasteiger partial charge in [0.05, 0.1) is 17.6 Å². The third kappa shape index (κ3) is 5.24. The monoisotopic (exact) mass is 566 g/mol. The molecule has 1 aliphatic heterocycles. The van der Waals surface area contributed by atoms with E-state index in [0.717, 1.165) is 49.2 Å². The molecule has 10 nitrogen and oxygen atoms in total. The highest BCUT2D eigenvalue weighted by molar-refractivity contribution is 7.88. The van der Waals surface area contributed by atoms with Crippen molar-refractivity contribution < 1.29 is 18.0 Å². The van der Waals surface area contributed by atoms with Gasteiger partial charge in [0.25, 0.3) is 0 Å². The lowest BCUT2D eigenvalue weighted by Crippen LogP contribution is -2.62. The van der Waals surface area contributed by atoms with Crippen LogP contribution >= 0.6 is 0 Å². The first-order chi connectivity index (χ1) is 19.1. The van der Waals surface area contributed by atoms with Crippen LogP contribution in [0.5, 0.6) is 0 Å². The van der Waals surface area contributed by atoms with Crippen LogP contribution in [0.3, 0.4) is 0 Å². The standard InChI is InChI=1S/C29H38N6O4S/c1-40(38,39)35-12-10-34(11-13-35)23-8-6-22(7-9-23)31-24-4-2-3-5-25(24)32-28(37)33-26-20-14-19-15-21(26)18-29(16-19,17-20)27(30)36/h2-9,19-21,26,31H,10-18H2,1H3,(H2,30,36)(H2,32,33,37). The molecule has 2 unspecified atom stereocenters. The summed E-state index contributed by atoms with van der Waals surface area (Å²) in [5.41, 5.74) is 8.82. The fourth-order valence-electron chi connectivity index (χ4n) is 7.76. The Morgan fingerprint density at radius 1 is 0.900 bits per heavy atom. The van der Waals surface area contributed by atoms with E-state index in [0.29, 0.717) is 49.6 Å². The fraction of sp³-hybridized carbons (Fsp3) is 0.517. The molecule has 1 saturated heterocycles. The van der Waals surface area contributed by atoms with Crippen molar-refractivity contribution in [2.75, 3.05) is 48.0 Å². The van der Waals surface area contributed by atoms with Gasteiger partial charge in [-0.1, -0.05) is 12.1 Å². The Morgan fingerprint density at radius 3 is 2.12 bits per heavy atom. The van der Waals surface area contributed by atoms with E-state index in [9.17, 15) is 18.0 Å². The van der Waals surface area contributed by atoms with Crippen molar-refractivity contribution in [2.24, 2.45) is 28.9 Å². The molecule has 2 atom stereocenters. The number of urea groups is 1. The predicted octanol–water partition coefficient (Wildman–Crippen LogP) is 3.31. The Morgan fingerprint density at radius 2 is 1.52 bits per heavy atom. The molecule has 4 aliphatic carbocycles. The Labute approximate surface area is 235 Å². The molecule has 5 N–H and O–H groups in total. The molecule has 0 spiro atoms. The molecule has 5 aliphatic rings. The van der Waals surface area contributed by atoms with Crippen molar-refractivity contribution in [2.45, 2.75) is 38.1 Å². The first-order valence-corrected chi connectivity index (χ1v) is 16.0. The van der Waals surface area contributed by atoms with Crippen LogP contribution in [-0.2, 0) is 14.8 Å². The summed E-state index contributed by atoms with van der Waals surface area (Å²) in [5.74, 6) is 0.966. The zero-order chi connectivity index (χ0) is 28.1. The first-order valence-electron chi connectivity index (χ1n) is 14.1. The second kappa shape index (κ2) is 10.3. The van der Waals surface area contributed by atoms with Gasteiger partial charge in [-0.2, -0.15) is 4.31 Å². The minimum atomic E-state index is -3.16. The van der Waals surface area contributed by atoms with Gasteiger partial charge < -0.3 is 26.6 Å². The number of piperazine rings is 1. The molecule has 4 bridgehead atoms. The number of carbonyl (C=O) groups is 2. The molecule has 4 saturated carbocycles. The number of hydrogen-bond acceptors (Lipinski definition) is 6. The first kappa shape index (κ1) is 26.9. The van der Waals surface area contributed by atoms with Gasteiger partial charge in [-0.3, -0.25) is 4.79 Å². The number of rotatable bonds is 7. The molecule has 2 aromatic carbocycles. The summed E-state index contributed by atoms with van der Waals surface area (Å²) in [6, 6.07) is 15.4. The average molecular weight is 567 g/mol. The van der Waals surface area contributed by atoms with Crippen LogP contribution in [0.1, 0.15) is 32.1 Å². The topological polar surface area (TPSA) is 137 Å². The Balaban J connectivity index is 1.07. The Hall–Kier alpha value is -3.31. The summed E-state index contributed by atoms with van der Waals surface area (Å²) in [7, 11) is -3.16. The number of hydrogen-bond donors (Lipinski definition) is 4. The van der Waals surface area contributed by atoms with E-state index < -0.39 is 10.0 Å². The van der Waals surface area contributed by atoms with Crippen LogP contribution in [0, 0.1) is 23.2 Å². The van der Waals surface area contributed by atoms with Crippen molar-refractivity contribution in [1.29, 1.82) is 0 Å². The summed E-state index contributed by atoms with van der Waals surface area (Å²) in [4.78, 5) is 27.6. The van der Waals surface area contributed by atoms with Crippen molar-refractivity contribution in [1.82, 2.24) is 9.62 Å². The van der Waals surface area contributed by atoms with E-state index in [4.69, 9.17) is 5.73 Å². The molecule has 0 aromatic heterocycles. The zero-order valence-electron chi connectivity index (χ0n) is 22.8. The normalized spacial score (nSPS) is 29.7. The molecule has 11 heteroatoms. The third-order valence-corrected chi connectivity index (χ3v) is 10.8. The predicted molar refractivity (Wildman–Crippen MR) is 156 cm³/mol. The van der Waals surface area contributed by atoms with Gasteiger partial charge >= 0.3 is 6.03 Å². The molecule has 5 fully saturated rings. The second-order valence-electron chi connectivity index (χ2n) is 12.1. The van der Waals surface area contributed by atoms with Gasteiger partial charge in [0.2, 0.25) is 15.9 Å². The van der Waals surface area contributed by atoms with Crippen molar-refractivity contribution >= 4 is 44.7 Å². The lowest BCUT2D eigenvalue weighted by Gasteiger charge is -2.58. The molecule has 40 heavy (non-hydrogen) atoms. The molecule has 1 heterocycles. The number of nitrogens with one attached hydrogen (secondary N) is 3. The number of sulfonamides is 1. The molecule has 3 amide bonds. The number of nitrogens with zero attached hydrogens (tertiary/aromatic N) is 2. The lowest BCUT2D eigenvalue weighted by atomic mass is 9.47. The summed E-state index contributed by atoms with van der Waals surface area (Å²) in [6.07, 6.45) is 5.83. The van der Waals surface area contributed by atoms with Crippen LogP contribution < -0.4 is 26.6 Å². The molecular formula is C29H38N6O4S. The number of para-hydroxylation sites is 2.